The highest BCUT2D eigenvalue weighted by Gasteiger charge is 2.22. The number of aryl methyl sites for hydroxylation is 1. The number of hydrazone groups is 1. The van der Waals surface area contributed by atoms with E-state index in [-0.39, 0.29) is 24.4 Å². The minimum atomic E-state index is -0.494. The summed E-state index contributed by atoms with van der Waals surface area (Å²) >= 11 is 0. The zero-order valence-electron chi connectivity index (χ0n) is 14.5. The van der Waals surface area contributed by atoms with Gasteiger partial charge in [-0.3, -0.25) is 9.59 Å². The van der Waals surface area contributed by atoms with Crippen molar-refractivity contribution in [1.29, 1.82) is 0 Å². The van der Waals surface area contributed by atoms with Gasteiger partial charge in [-0.05, 0) is 30.2 Å². The molecule has 0 atom stereocenters. The van der Waals surface area contributed by atoms with E-state index in [9.17, 15) is 14.0 Å². The Bertz CT molecular complexity index is 849. The third-order valence-electron chi connectivity index (χ3n) is 4.16. The maximum atomic E-state index is 13.7. The molecule has 0 aliphatic carbocycles. The molecule has 5 nitrogen and oxygen atoms in total. The van der Waals surface area contributed by atoms with Crippen LogP contribution in [0, 0.1) is 12.7 Å². The van der Waals surface area contributed by atoms with Crippen molar-refractivity contribution < 1.29 is 14.0 Å². The summed E-state index contributed by atoms with van der Waals surface area (Å²) in [5, 5.41) is 8.27. The van der Waals surface area contributed by atoms with Crippen LogP contribution in [-0.2, 0) is 9.59 Å². The molecule has 0 fully saturated rings. The molecule has 0 unspecified atom stereocenters. The van der Waals surface area contributed by atoms with Crippen molar-refractivity contribution >= 4 is 23.2 Å². The van der Waals surface area contributed by atoms with Crippen LogP contribution in [0.2, 0.25) is 0 Å². The largest absolute Gasteiger partial charge is 0.324 e. The Morgan fingerprint density at radius 1 is 1.15 bits per heavy atom. The number of hydrogen-bond donors (Lipinski definition) is 1. The maximum Gasteiger partial charge on any atom is 0.243 e. The van der Waals surface area contributed by atoms with Crippen LogP contribution in [0.25, 0.3) is 0 Å². The van der Waals surface area contributed by atoms with Crippen LogP contribution in [0.15, 0.2) is 53.6 Å². The first-order chi connectivity index (χ1) is 12.5. The zero-order chi connectivity index (χ0) is 18.5. The highest BCUT2D eigenvalue weighted by atomic mass is 19.1. The molecular formula is C20H20FN3O2. The Morgan fingerprint density at radius 3 is 2.69 bits per heavy atom. The molecule has 2 aromatic rings. The fraction of sp³-hybridized carbons (Fsp3) is 0.250. The van der Waals surface area contributed by atoms with Gasteiger partial charge in [0.25, 0.3) is 0 Å². The average molecular weight is 353 g/mol. The van der Waals surface area contributed by atoms with E-state index >= 15 is 0 Å². The highest BCUT2D eigenvalue weighted by Crippen LogP contribution is 2.17. The third kappa shape index (κ3) is 4.33. The van der Waals surface area contributed by atoms with E-state index in [0.717, 1.165) is 16.8 Å². The van der Waals surface area contributed by atoms with Gasteiger partial charge in [0.1, 0.15) is 5.82 Å². The first kappa shape index (κ1) is 17.8. The van der Waals surface area contributed by atoms with E-state index in [1.807, 2.05) is 37.3 Å². The number of nitrogens with zero attached hydrogens (tertiary/aromatic N) is 2. The van der Waals surface area contributed by atoms with E-state index < -0.39 is 11.7 Å². The Balaban J connectivity index is 1.53. The second-order valence-corrected chi connectivity index (χ2v) is 6.21. The standard InChI is InChI=1S/C20H20FN3O2/c1-14-7-8-16(21)18(13-14)22-19(25)9-10-20(26)24-12-11-17(23-24)15-5-3-2-4-6-15/h2-8,13H,9-12H2,1H3,(H,22,25). The van der Waals surface area contributed by atoms with Crippen LogP contribution in [0.4, 0.5) is 10.1 Å². The smallest absolute Gasteiger partial charge is 0.243 e. The van der Waals surface area contributed by atoms with Gasteiger partial charge in [0.15, 0.2) is 0 Å². The van der Waals surface area contributed by atoms with Crippen molar-refractivity contribution in [3.8, 4) is 0 Å². The molecule has 1 aliphatic rings. The van der Waals surface area contributed by atoms with Gasteiger partial charge in [-0.25, -0.2) is 9.40 Å². The highest BCUT2D eigenvalue weighted by molar-refractivity contribution is 6.02. The lowest BCUT2D eigenvalue weighted by Crippen LogP contribution is -2.25. The normalized spacial score (nSPS) is 13.5. The second kappa shape index (κ2) is 7.91. The lowest BCUT2D eigenvalue weighted by Gasteiger charge is -2.11. The summed E-state index contributed by atoms with van der Waals surface area (Å²) < 4.78 is 13.7. The van der Waals surface area contributed by atoms with Crippen molar-refractivity contribution in [1.82, 2.24) is 5.01 Å². The molecule has 6 heteroatoms. The summed E-state index contributed by atoms with van der Waals surface area (Å²) in [6, 6.07) is 14.2. The lowest BCUT2D eigenvalue weighted by atomic mass is 10.1. The van der Waals surface area contributed by atoms with Gasteiger partial charge in [0, 0.05) is 19.3 Å². The number of halogens is 1. The fourth-order valence-electron chi connectivity index (χ4n) is 2.77. The second-order valence-electron chi connectivity index (χ2n) is 6.21. The monoisotopic (exact) mass is 353 g/mol. The molecule has 134 valence electrons. The summed E-state index contributed by atoms with van der Waals surface area (Å²) in [7, 11) is 0. The third-order valence-corrected chi connectivity index (χ3v) is 4.16. The number of anilines is 1. The van der Waals surface area contributed by atoms with Crippen LogP contribution in [0.5, 0.6) is 0 Å². The molecule has 0 aromatic heterocycles. The van der Waals surface area contributed by atoms with Gasteiger partial charge in [0.05, 0.1) is 17.9 Å². The molecule has 1 N–H and O–H groups in total. The van der Waals surface area contributed by atoms with E-state index in [4.69, 9.17) is 0 Å². The Morgan fingerprint density at radius 2 is 1.92 bits per heavy atom. The number of carbonyl (C=O) groups is 2. The van der Waals surface area contributed by atoms with Crippen LogP contribution < -0.4 is 5.32 Å². The maximum absolute atomic E-state index is 13.7. The van der Waals surface area contributed by atoms with Crippen molar-refractivity contribution in [2.75, 3.05) is 11.9 Å². The summed E-state index contributed by atoms with van der Waals surface area (Å²) in [5.74, 6) is -1.10. The fourth-order valence-corrected chi connectivity index (χ4v) is 2.77. The number of rotatable bonds is 5. The SMILES string of the molecule is Cc1ccc(F)c(NC(=O)CCC(=O)N2CCC(c3ccccc3)=N2)c1. The summed E-state index contributed by atoms with van der Waals surface area (Å²) in [6.45, 7) is 2.32. The van der Waals surface area contributed by atoms with E-state index in [1.54, 1.807) is 12.1 Å². The zero-order valence-corrected chi connectivity index (χ0v) is 14.5. The Labute approximate surface area is 151 Å². The quantitative estimate of drug-likeness (QED) is 0.894. The molecule has 3 rings (SSSR count). The van der Waals surface area contributed by atoms with Gasteiger partial charge < -0.3 is 5.32 Å². The number of nitrogens with one attached hydrogen (secondary N) is 1. The number of hydrogen-bond acceptors (Lipinski definition) is 3. The molecule has 2 aromatic carbocycles. The first-order valence-corrected chi connectivity index (χ1v) is 8.52. The van der Waals surface area contributed by atoms with E-state index in [0.29, 0.717) is 13.0 Å². The Kier molecular flexibility index (Phi) is 5.41. The van der Waals surface area contributed by atoms with E-state index in [2.05, 4.69) is 10.4 Å². The first-order valence-electron chi connectivity index (χ1n) is 8.52. The molecule has 0 radical (unpaired) electrons. The van der Waals surface area contributed by atoms with Crippen molar-refractivity contribution in [3.05, 3.63) is 65.5 Å². The van der Waals surface area contributed by atoms with Crippen LogP contribution in [-0.4, -0.2) is 29.1 Å². The van der Waals surface area contributed by atoms with Gasteiger partial charge in [-0.1, -0.05) is 36.4 Å². The molecule has 1 aliphatic heterocycles. The van der Waals surface area contributed by atoms with Gasteiger partial charge >= 0.3 is 0 Å². The molecule has 0 saturated heterocycles. The van der Waals surface area contributed by atoms with E-state index in [1.165, 1.54) is 11.1 Å². The van der Waals surface area contributed by atoms with Gasteiger partial charge in [-0.2, -0.15) is 5.10 Å². The number of benzene rings is 2. The molecular weight excluding hydrogens is 333 g/mol. The number of amides is 2. The van der Waals surface area contributed by atoms with Gasteiger partial charge in [0.2, 0.25) is 11.8 Å². The topological polar surface area (TPSA) is 61.8 Å². The molecule has 0 saturated carbocycles. The van der Waals surface area contributed by atoms with Crippen LogP contribution >= 0.6 is 0 Å². The van der Waals surface area contributed by atoms with Gasteiger partial charge in [-0.15, -0.1) is 0 Å². The van der Waals surface area contributed by atoms with Crippen molar-refractivity contribution in [2.24, 2.45) is 5.10 Å². The summed E-state index contributed by atoms with van der Waals surface area (Å²) in [4.78, 5) is 24.3. The van der Waals surface area contributed by atoms with Crippen LogP contribution in [0.1, 0.15) is 30.4 Å². The molecule has 2 amide bonds. The Hall–Kier alpha value is -3.02. The predicted molar refractivity (Wildman–Crippen MR) is 98.3 cm³/mol. The molecule has 26 heavy (non-hydrogen) atoms. The summed E-state index contributed by atoms with van der Waals surface area (Å²) in [5.41, 5.74) is 2.84. The minimum absolute atomic E-state index is 0.0150. The van der Waals surface area contributed by atoms with Crippen LogP contribution in [0.3, 0.4) is 0 Å². The number of carbonyl (C=O) groups excluding carboxylic acids is 2. The average Bonchev–Trinajstić information content (AvgIpc) is 3.14. The molecule has 0 bridgehead atoms. The van der Waals surface area contributed by atoms with Crippen molar-refractivity contribution in [3.63, 3.8) is 0 Å². The lowest BCUT2D eigenvalue weighted by molar-refractivity contribution is -0.132. The summed E-state index contributed by atoms with van der Waals surface area (Å²) in [6.07, 6.45) is 0.709. The minimum Gasteiger partial charge on any atom is -0.324 e. The molecule has 1 heterocycles. The van der Waals surface area contributed by atoms with Crippen molar-refractivity contribution in [2.45, 2.75) is 26.2 Å². The predicted octanol–water partition coefficient (Wildman–Crippen LogP) is 3.49. The molecule has 0 spiro atoms.